The molecule has 0 aliphatic heterocycles. The van der Waals surface area contributed by atoms with E-state index >= 15 is 0 Å². The zero-order valence-electron chi connectivity index (χ0n) is 12.3. The summed E-state index contributed by atoms with van der Waals surface area (Å²) in [6.45, 7) is 0. The largest absolute Gasteiger partial charge is 0.327 e. The van der Waals surface area contributed by atoms with Crippen LogP contribution in [0.5, 0.6) is 0 Å². The van der Waals surface area contributed by atoms with Crippen LogP contribution < -0.4 is 5.73 Å². The Morgan fingerprint density at radius 3 is 2.71 bits per heavy atom. The maximum Gasteiger partial charge on any atom is 0.114 e. The molecule has 1 aromatic heterocycles. The minimum absolute atomic E-state index is 0.247. The minimum Gasteiger partial charge on any atom is -0.327 e. The Bertz CT molecular complexity index is 659. The van der Waals surface area contributed by atoms with Gasteiger partial charge in [-0.3, -0.25) is 0 Å². The summed E-state index contributed by atoms with van der Waals surface area (Å²) in [5.41, 5.74) is 8.73. The number of fused-ring (bicyclic) bond motifs is 1. The quantitative estimate of drug-likeness (QED) is 0.836. The molecule has 0 bridgehead atoms. The Hall–Kier alpha value is -1.06. The van der Waals surface area contributed by atoms with Gasteiger partial charge in [0.15, 0.2) is 0 Å². The van der Waals surface area contributed by atoms with Crippen molar-refractivity contribution in [3.63, 3.8) is 0 Å². The maximum absolute atomic E-state index is 6.47. The van der Waals surface area contributed by atoms with Crippen LogP contribution in [0.2, 0.25) is 5.02 Å². The fourth-order valence-electron chi connectivity index (χ4n) is 3.72. The molecule has 3 nitrogen and oxygen atoms in total. The number of hydrogen-bond donors (Lipinski definition) is 1. The van der Waals surface area contributed by atoms with E-state index < -0.39 is 0 Å². The molecule has 4 rings (SSSR count). The van der Waals surface area contributed by atoms with Crippen LogP contribution in [0.1, 0.15) is 62.7 Å². The molecular formula is C17H22ClN3. The van der Waals surface area contributed by atoms with Crippen molar-refractivity contribution in [1.29, 1.82) is 0 Å². The summed E-state index contributed by atoms with van der Waals surface area (Å²) >= 11 is 6.20. The highest BCUT2D eigenvalue weighted by Gasteiger charge is 2.33. The zero-order chi connectivity index (χ0) is 14.4. The average molecular weight is 304 g/mol. The summed E-state index contributed by atoms with van der Waals surface area (Å²) in [5.74, 6) is 1.61. The molecule has 21 heavy (non-hydrogen) atoms. The standard InChI is InChI=1S/C17H22ClN3/c18-11-6-9-15-16(10-11)21(12-7-8-12)17(20-15)13-4-2-1-3-5-14(13)19/h6,9-10,12-14H,1-5,7-8,19H2. The summed E-state index contributed by atoms with van der Waals surface area (Å²) < 4.78 is 2.44. The van der Waals surface area contributed by atoms with Crippen molar-refractivity contribution >= 4 is 22.6 Å². The molecule has 2 aromatic rings. The molecule has 0 amide bonds. The van der Waals surface area contributed by atoms with Crippen LogP contribution in [0.3, 0.4) is 0 Å². The first-order chi connectivity index (χ1) is 10.2. The maximum atomic E-state index is 6.47. The number of nitrogens with zero attached hydrogens (tertiary/aromatic N) is 2. The van der Waals surface area contributed by atoms with E-state index in [0.717, 1.165) is 17.0 Å². The first kappa shape index (κ1) is 13.6. The van der Waals surface area contributed by atoms with Gasteiger partial charge in [-0.15, -0.1) is 0 Å². The number of rotatable bonds is 2. The molecular weight excluding hydrogens is 282 g/mol. The third-order valence-electron chi connectivity index (χ3n) is 4.99. The second-order valence-corrected chi connectivity index (χ2v) is 7.05. The van der Waals surface area contributed by atoms with Crippen molar-refractivity contribution < 1.29 is 0 Å². The number of nitrogens with two attached hydrogens (primary N) is 1. The number of imidazole rings is 1. The van der Waals surface area contributed by atoms with E-state index in [1.54, 1.807) is 0 Å². The van der Waals surface area contributed by atoms with Gasteiger partial charge in [0.25, 0.3) is 0 Å². The van der Waals surface area contributed by atoms with Crippen LogP contribution in [0.4, 0.5) is 0 Å². The van der Waals surface area contributed by atoms with E-state index in [4.69, 9.17) is 22.3 Å². The van der Waals surface area contributed by atoms with Crippen LogP contribution in [0.25, 0.3) is 11.0 Å². The first-order valence-corrected chi connectivity index (χ1v) is 8.55. The summed E-state index contributed by atoms with van der Waals surface area (Å²) in [7, 11) is 0. The summed E-state index contributed by atoms with van der Waals surface area (Å²) in [6, 6.07) is 6.90. The van der Waals surface area contributed by atoms with E-state index in [1.807, 2.05) is 12.1 Å². The second-order valence-electron chi connectivity index (χ2n) is 6.61. The van der Waals surface area contributed by atoms with Gasteiger partial charge >= 0.3 is 0 Å². The van der Waals surface area contributed by atoms with Gasteiger partial charge in [-0.2, -0.15) is 0 Å². The molecule has 1 heterocycles. The average Bonchev–Trinajstić information content (AvgIpc) is 3.26. The van der Waals surface area contributed by atoms with Gasteiger partial charge in [0.1, 0.15) is 5.82 Å². The molecule has 0 spiro atoms. The molecule has 2 unspecified atom stereocenters. The Labute approximate surface area is 130 Å². The number of aromatic nitrogens is 2. The van der Waals surface area contributed by atoms with E-state index in [1.165, 1.54) is 49.9 Å². The lowest BCUT2D eigenvalue weighted by Gasteiger charge is -2.22. The molecule has 1 aromatic carbocycles. The van der Waals surface area contributed by atoms with Gasteiger partial charge in [0, 0.05) is 23.0 Å². The van der Waals surface area contributed by atoms with Crippen LogP contribution in [0, 0.1) is 0 Å². The van der Waals surface area contributed by atoms with Crippen LogP contribution in [-0.2, 0) is 0 Å². The molecule has 2 N–H and O–H groups in total. The molecule has 2 aliphatic rings. The smallest absolute Gasteiger partial charge is 0.114 e. The lowest BCUT2D eigenvalue weighted by atomic mass is 9.94. The highest BCUT2D eigenvalue weighted by molar-refractivity contribution is 6.31. The van der Waals surface area contributed by atoms with Gasteiger partial charge in [0.05, 0.1) is 11.0 Å². The lowest BCUT2D eigenvalue weighted by Crippen LogP contribution is -2.29. The monoisotopic (exact) mass is 303 g/mol. The molecule has 2 fully saturated rings. The Balaban J connectivity index is 1.85. The van der Waals surface area contributed by atoms with Crippen molar-refractivity contribution in [3.8, 4) is 0 Å². The molecule has 4 heteroatoms. The molecule has 2 atom stereocenters. The third kappa shape index (κ3) is 2.47. The van der Waals surface area contributed by atoms with E-state index in [0.29, 0.717) is 12.0 Å². The fraction of sp³-hybridized carbons (Fsp3) is 0.588. The SMILES string of the molecule is NC1CCCCCC1c1nc2ccc(Cl)cc2n1C1CC1. The second kappa shape index (κ2) is 5.29. The Morgan fingerprint density at radius 1 is 1.10 bits per heavy atom. The summed E-state index contributed by atoms with van der Waals surface area (Å²) in [4.78, 5) is 4.96. The van der Waals surface area contributed by atoms with Crippen molar-refractivity contribution in [2.24, 2.45) is 5.73 Å². The van der Waals surface area contributed by atoms with Gasteiger partial charge in [-0.05, 0) is 43.9 Å². The van der Waals surface area contributed by atoms with Gasteiger partial charge in [-0.25, -0.2) is 4.98 Å². The third-order valence-corrected chi connectivity index (χ3v) is 5.23. The van der Waals surface area contributed by atoms with Crippen molar-refractivity contribution in [2.45, 2.75) is 62.9 Å². The normalized spacial score (nSPS) is 27.0. The fourth-order valence-corrected chi connectivity index (χ4v) is 3.89. The van der Waals surface area contributed by atoms with Gasteiger partial charge in [0.2, 0.25) is 0 Å². The highest BCUT2D eigenvalue weighted by atomic mass is 35.5. The van der Waals surface area contributed by atoms with Gasteiger partial charge < -0.3 is 10.3 Å². The van der Waals surface area contributed by atoms with Crippen molar-refractivity contribution in [1.82, 2.24) is 9.55 Å². The van der Waals surface area contributed by atoms with E-state index in [2.05, 4.69) is 10.6 Å². The summed E-state index contributed by atoms with van der Waals surface area (Å²) in [6.07, 6.45) is 8.64. The minimum atomic E-state index is 0.247. The molecule has 0 saturated heterocycles. The Kier molecular flexibility index (Phi) is 3.43. The Morgan fingerprint density at radius 2 is 1.90 bits per heavy atom. The first-order valence-electron chi connectivity index (χ1n) is 8.17. The highest BCUT2D eigenvalue weighted by Crippen LogP contribution is 2.42. The van der Waals surface area contributed by atoms with Crippen LogP contribution in [-0.4, -0.2) is 15.6 Å². The van der Waals surface area contributed by atoms with Crippen molar-refractivity contribution in [2.75, 3.05) is 0 Å². The molecule has 2 aliphatic carbocycles. The zero-order valence-corrected chi connectivity index (χ0v) is 13.0. The van der Waals surface area contributed by atoms with E-state index in [-0.39, 0.29) is 6.04 Å². The number of halogens is 1. The van der Waals surface area contributed by atoms with Crippen LogP contribution in [0.15, 0.2) is 18.2 Å². The topological polar surface area (TPSA) is 43.8 Å². The molecule has 112 valence electrons. The van der Waals surface area contributed by atoms with Crippen LogP contribution >= 0.6 is 11.6 Å². The summed E-state index contributed by atoms with van der Waals surface area (Å²) in [5, 5.41) is 0.793. The molecule has 2 saturated carbocycles. The van der Waals surface area contributed by atoms with E-state index in [9.17, 15) is 0 Å². The van der Waals surface area contributed by atoms with Gasteiger partial charge in [-0.1, -0.05) is 30.9 Å². The lowest BCUT2D eigenvalue weighted by molar-refractivity contribution is 0.465. The molecule has 0 radical (unpaired) electrons. The predicted molar refractivity (Wildman–Crippen MR) is 86.8 cm³/mol. The number of benzene rings is 1. The predicted octanol–water partition coefficient (Wildman–Crippen LogP) is 4.40. The number of hydrogen-bond acceptors (Lipinski definition) is 2. The van der Waals surface area contributed by atoms with Crippen molar-refractivity contribution in [3.05, 3.63) is 29.0 Å².